The SMILES string of the molecule is COc1cc2c(cc1OC)CN(C(=O)[C@@H]1C[C@@H](NCc3ccc(Cl)cc3)CN1Cc1ccccc1)CC2. The quantitative estimate of drug-likeness (QED) is 0.468. The predicted molar refractivity (Wildman–Crippen MR) is 146 cm³/mol. The summed E-state index contributed by atoms with van der Waals surface area (Å²) in [4.78, 5) is 18.3. The predicted octanol–water partition coefficient (Wildman–Crippen LogP) is 4.67. The van der Waals surface area contributed by atoms with Crippen LogP contribution in [0, 0.1) is 0 Å². The Morgan fingerprint density at radius 3 is 2.38 bits per heavy atom. The zero-order valence-corrected chi connectivity index (χ0v) is 22.2. The number of carbonyl (C=O) groups excluding carboxylic acids is 1. The van der Waals surface area contributed by atoms with Crippen molar-refractivity contribution in [2.24, 2.45) is 0 Å². The Hall–Kier alpha value is -3.06. The van der Waals surface area contributed by atoms with Gasteiger partial charge in [0.25, 0.3) is 0 Å². The van der Waals surface area contributed by atoms with Crippen molar-refractivity contribution in [3.8, 4) is 11.5 Å². The fourth-order valence-electron chi connectivity index (χ4n) is 5.45. The van der Waals surface area contributed by atoms with Gasteiger partial charge in [-0.25, -0.2) is 0 Å². The largest absolute Gasteiger partial charge is 0.493 e. The van der Waals surface area contributed by atoms with Gasteiger partial charge in [-0.05, 0) is 59.4 Å². The van der Waals surface area contributed by atoms with Crippen LogP contribution in [-0.4, -0.2) is 55.1 Å². The van der Waals surface area contributed by atoms with Crippen LogP contribution in [0.5, 0.6) is 11.5 Å². The summed E-state index contributed by atoms with van der Waals surface area (Å²) < 4.78 is 11.0. The Bertz CT molecular complexity index is 1220. The number of ether oxygens (including phenoxy) is 2. The molecule has 2 atom stereocenters. The maximum absolute atomic E-state index is 13.9. The van der Waals surface area contributed by atoms with Gasteiger partial charge in [-0.2, -0.15) is 0 Å². The lowest BCUT2D eigenvalue weighted by atomic mass is 9.98. The third kappa shape index (κ3) is 5.93. The number of carbonyl (C=O) groups is 1. The van der Waals surface area contributed by atoms with Gasteiger partial charge < -0.3 is 19.7 Å². The monoisotopic (exact) mass is 519 g/mol. The molecule has 2 aliphatic heterocycles. The van der Waals surface area contributed by atoms with E-state index in [2.05, 4.69) is 34.5 Å². The molecule has 194 valence electrons. The second-order valence-corrected chi connectivity index (χ2v) is 10.3. The topological polar surface area (TPSA) is 54.0 Å². The van der Waals surface area contributed by atoms with Gasteiger partial charge in [0.05, 0.1) is 20.3 Å². The zero-order valence-electron chi connectivity index (χ0n) is 21.5. The summed E-state index contributed by atoms with van der Waals surface area (Å²) in [5, 5.41) is 4.42. The van der Waals surface area contributed by atoms with E-state index >= 15 is 0 Å². The van der Waals surface area contributed by atoms with E-state index in [9.17, 15) is 4.79 Å². The molecule has 7 heteroatoms. The number of rotatable bonds is 8. The zero-order chi connectivity index (χ0) is 25.8. The summed E-state index contributed by atoms with van der Waals surface area (Å²) in [5.41, 5.74) is 4.75. The number of methoxy groups -OCH3 is 2. The van der Waals surface area contributed by atoms with E-state index in [1.165, 1.54) is 16.7 Å². The van der Waals surface area contributed by atoms with Crippen molar-refractivity contribution < 1.29 is 14.3 Å². The molecule has 0 radical (unpaired) electrons. The van der Waals surface area contributed by atoms with Gasteiger partial charge in [-0.1, -0.05) is 54.1 Å². The molecule has 3 aromatic carbocycles. The highest BCUT2D eigenvalue weighted by Gasteiger charge is 2.39. The Morgan fingerprint density at radius 1 is 0.973 bits per heavy atom. The number of hydrogen-bond acceptors (Lipinski definition) is 5. The van der Waals surface area contributed by atoms with Gasteiger partial charge in [0, 0.05) is 43.8 Å². The summed E-state index contributed by atoms with van der Waals surface area (Å²) in [6.45, 7) is 3.63. The number of nitrogens with one attached hydrogen (secondary N) is 1. The lowest BCUT2D eigenvalue weighted by molar-refractivity contribution is -0.137. The van der Waals surface area contributed by atoms with Gasteiger partial charge in [-0.3, -0.25) is 9.69 Å². The first-order chi connectivity index (χ1) is 18.0. The maximum Gasteiger partial charge on any atom is 0.240 e. The summed E-state index contributed by atoms with van der Waals surface area (Å²) in [6, 6.07) is 22.5. The van der Waals surface area contributed by atoms with Crippen molar-refractivity contribution >= 4 is 17.5 Å². The number of halogens is 1. The number of amides is 1. The standard InChI is InChI=1S/C30H34ClN3O3/c1-36-28-14-23-12-13-33(19-24(23)15-29(28)37-2)30(35)27-16-26(32-17-21-8-10-25(31)11-9-21)20-34(27)18-22-6-4-3-5-7-22/h3-11,14-15,26-27,32H,12-13,16-20H2,1-2H3/t26-,27+/m1/s1. The Morgan fingerprint density at radius 2 is 1.68 bits per heavy atom. The number of nitrogens with zero attached hydrogens (tertiary/aromatic N) is 2. The molecule has 1 N–H and O–H groups in total. The van der Waals surface area contributed by atoms with Crippen LogP contribution in [0.25, 0.3) is 0 Å². The van der Waals surface area contributed by atoms with Crippen LogP contribution in [-0.2, 0) is 30.8 Å². The molecule has 2 heterocycles. The average molecular weight is 520 g/mol. The Labute approximate surface area is 224 Å². The number of likely N-dealkylation sites (tertiary alicyclic amines) is 1. The van der Waals surface area contributed by atoms with Gasteiger partial charge in [-0.15, -0.1) is 0 Å². The molecular formula is C30H34ClN3O3. The van der Waals surface area contributed by atoms with E-state index < -0.39 is 0 Å². The van der Waals surface area contributed by atoms with Crippen molar-refractivity contribution in [1.29, 1.82) is 0 Å². The van der Waals surface area contributed by atoms with Crippen molar-refractivity contribution in [2.75, 3.05) is 27.3 Å². The van der Waals surface area contributed by atoms with Crippen LogP contribution in [0.1, 0.15) is 28.7 Å². The van der Waals surface area contributed by atoms with E-state index in [-0.39, 0.29) is 18.0 Å². The molecular weight excluding hydrogens is 486 g/mol. The minimum Gasteiger partial charge on any atom is -0.493 e. The van der Waals surface area contributed by atoms with Crippen molar-refractivity contribution in [2.45, 2.75) is 44.6 Å². The molecule has 2 aliphatic rings. The molecule has 1 amide bonds. The van der Waals surface area contributed by atoms with Gasteiger partial charge in [0.1, 0.15) is 0 Å². The van der Waals surface area contributed by atoms with Crippen molar-refractivity contribution in [3.05, 3.63) is 94.0 Å². The van der Waals surface area contributed by atoms with Crippen LogP contribution in [0.15, 0.2) is 66.7 Å². The Balaban J connectivity index is 1.31. The van der Waals surface area contributed by atoms with Crippen LogP contribution >= 0.6 is 11.6 Å². The highest BCUT2D eigenvalue weighted by molar-refractivity contribution is 6.30. The van der Waals surface area contributed by atoms with Gasteiger partial charge in [0.15, 0.2) is 11.5 Å². The van der Waals surface area contributed by atoms with Gasteiger partial charge >= 0.3 is 0 Å². The van der Waals surface area contributed by atoms with E-state index in [1.54, 1.807) is 14.2 Å². The smallest absolute Gasteiger partial charge is 0.240 e. The van der Waals surface area contributed by atoms with Gasteiger partial charge in [0.2, 0.25) is 5.91 Å². The Kier molecular flexibility index (Phi) is 7.99. The first-order valence-corrected chi connectivity index (χ1v) is 13.2. The van der Waals surface area contributed by atoms with Crippen LogP contribution in [0.2, 0.25) is 5.02 Å². The normalized spacial score (nSPS) is 19.5. The van der Waals surface area contributed by atoms with Crippen LogP contribution in [0.4, 0.5) is 0 Å². The number of benzene rings is 3. The van der Waals surface area contributed by atoms with E-state index in [0.29, 0.717) is 18.8 Å². The van der Waals surface area contributed by atoms with Crippen LogP contribution < -0.4 is 14.8 Å². The van der Waals surface area contributed by atoms with E-state index in [0.717, 1.165) is 48.8 Å². The summed E-state index contributed by atoms with van der Waals surface area (Å²) in [7, 11) is 3.30. The molecule has 5 rings (SSSR count). The number of fused-ring (bicyclic) bond motifs is 1. The maximum atomic E-state index is 13.9. The molecule has 3 aromatic rings. The fourth-order valence-corrected chi connectivity index (χ4v) is 5.57. The molecule has 6 nitrogen and oxygen atoms in total. The summed E-state index contributed by atoms with van der Waals surface area (Å²) in [6.07, 6.45) is 1.60. The summed E-state index contributed by atoms with van der Waals surface area (Å²) >= 11 is 6.04. The van der Waals surface area contributed by atoms with Crippen LogP contribution in [0.3, 0.4) is 0 Å². The third-order valence-corrected chi connectivity index (χ3v) is 7.71. The molecule has 37 heavy (non-hydrogen) atoms. The fraction of sp³-hybridized carbons (Fsp3) is 0.367. The average Bonchev–Trinajstić information content (AvgIpc) is 3.34. The van der Waals surface area contributed by atoms with E-state index in [1.807, 2.05) is 47.4 Å². The highest BCUT2D eigenvalue weighted by Crippen LogP contribution is 2.34. The third-order valence-electron chi connectivity index (χ3n) is 7.45. The molecule has 1 saturated heterocycles. The molecule has 1 fully saturated rings. The minimum absolute atomic E-state index is 0.162. The van der Waals surface area contributed by atoms with E-state index in [4.69, 9.17) is 21.1 Å². The van der Waals surface area contributed by atoms with Crippen molar-refractivity contribution in [3.63, 3.8) is 0 Å². The molecule has 0 bridgehead atoms. The number of hydrogen-bond donors (Lipinski definition) is 1. The first kappa shape index (κ1) is 25.6. The lowest BCUT2D eigenvalue weighted by Crippen LogP contribution is -2.47. The molecule has 0 aliphatic carbocycles. The first-order valence-electron chi connectivity index (χ1n) is 12.8. The molecule has 0 spiro atoms. The molecule has 0 unspecified atom stereocenters. The summed E-state index contributed by atoms with van der Waals surface area (Å²) in [5.74, 6) is 1.64. The lowest BCUT2D eigenvalue weighted by Gasteiger charge is -2.34. The minimum atomic E-state index is -0.162. The highest BCUT2D eigenvalue weighted by atomic mass is 35.5. The second-order valence-electron chi connectivity index (χ2n) is 9.86. The second kappa shape index (κ2) is 11.5. The molecule has 0 saturated carbocycles. The molecule has 0 aromatic heterocycles. The van der Waals surface area contributed by atoms with Crippen molar-refractivity contribution in [1.82, 2.24) is 15.1 Å².